The molecule has 2 aromatic carbocycles. The highest BCUT2D eigenvalue weighted by molar-refractivity contribution is 6.35. The quantitative estimate of drug-likeness (QED) is 0.456. The van der Waals surface area contributed by atoms with E-state index in [9.17, 15) is 13.6 Å². The molecule has 4 rings (SSSR count). The highest BCUT2D eigenvalue weighted by Crippen LogP contribution is 2.30. The van der Waals surface area contributed by atoms with Gasteiger partial charge >= 0.3 is 0 Å². The maximum atomic E-state index is 13.8. The van der Waals surface area contributed by atoms with Gasteiger partial charge in [0.2, 0.25) is 11.9 Å². The van der Waals surface area contributed by atoms with Crippen molar-refractivity contribution >= 4 is 51.8 Å². The van der Waals surface area contributed by atoms with Gasteiger partial charge in [0.15, 0.2) is 11.6 Å². The first-order valence-corrected chi connectivity index (χ1v) is 11.8. The Morgan fingerprint density at radius 1 is 1.06 bits per heavy atom. The third-order valence-electron chi connectivity index (χ3n) is 6.04. The van der Waals surface area contributed by atoms with Crippen LogP contribution in [-0.4, -0.2) is 36.0 Å². The predicted octanol–water partition coefficient (Wildman–Crippen LogP) is 5.57. The molecule has 3 aromatic rings. The van der Waals surface area contributed by atoms with Crippen LogP contribution < -0.4 is 15.5 Å². The van der Waals surface area contributed by atoms with Gasteiger partial charge in [0.05, 0.1) is 5.52 Å². The molecule has 1 fully saturated rings. The van der Waals surface area contributed by atoms with Gasteiger partial charge in [-0.15, -0.1) is 0 Å². The monoisotopic (exact) mass is 507 g/mol. The van der Waals surface area contributed by atoms with E-state index in [4.69, 9.17) is 23.2 Å². The number of fused-ring (bicyclic) bond motifs is 1. The molecular formula is C24H25Cl2F2N5O. The van der Waals surface area contributed by atoms with Crippen molar-refractivity contribution in [2.75, 3.05) is 24.3 Å². The molecule has 1 aliphatic carbocycles. The Morgan fingerprint density at radius 2 is 1.76 bits per heavy atom. The number of carbonyl (C=O) groups excluding carboxylic acids is 1. The summed E-state index contributed by atoms with van der Waals surface area (Å²) >= 11 is 12.1. The van der Waals surface area contributed by atoms with Crippen LogP contribution in [0.2, 0.25) is 10.0 Å². The van der Waals surface area contributed by atoms with Crippen LogP contribution in [0.1, 0.15) is 31.2 Å². The zero-order chi connectivity index (χ0) is 24.4. The maximum absolute atomic E-state index is 13.8. The van der Waals surface area contributed by atoms with Gasteiger partial charge in [-0.1, -0.05) is 29.3 Å². The van der Waals surface area contributed by atoms with Crippen LogP contribution in [0.25, 0.3) is 10.9 Å². The second kappa shape index (κ2) is 10.3. The highest BCUT2D eigenvalue weighted by atomic mass is 35.5. The van der Waals surface area contributed by atoms with E-state index in [1.165, 1.54) is 0 Å². The van der Waals surface area contributed by atoms with E-state index >= 15 is 0 Å². The van der Waals surface area contributed by atoms with Crippen LogP contribution in [-0.2, 0) is 11.3 Å². The Bertz CT molecular complexity index is 1220. The molecule has 0 bridgehead atoms. The first kappa shape index (κ1) is 24.4. The van der Waals surface area contributed by atoms with Crippen LogP contribution >= 0.6 is 23.2 Å². The van der Waals surface area contributed by atoms with Crippen molar-refractivity contribution in [1.29, 1.82) is 0 Å². The van der Waals surface area contributed by atoms with Gasteiger partial charge in [0.1, 0.15) is 5.82 Å². The molecule has 0 radical (unpaired) electrons. The van der Waals surface area contributed by atoms with Crippen LogP contribution in [0.15, 0.2) is 30.3 Å². The molecular weight excluding hydrogens is 483 g/mol. The number of amides is 1. The van der Waals surface area contributed by atoms with Crippen LogP contribution in [0.3, 0.4) is 0 Å². The van der Waals surface area contributed by atoms with Crippen molar-refractivity contribution in [2.45, 2.75) is 38.3 Å². The summed E-state index contributed by atoms with van der Waals surface area (Å²) in [5.41, 5.74) is 1.14. The summed E-state index contributed by atoms with van der Waals surface area (Å²) in [6.45, 7) is 0.350. The minimum absolute atomic E-state index is 0.00109. The van der Waals surface area contributed by atoms with E-state index in [0.29, 0.717) is 52.1 Å². The zero-order valence-electron chi connectivity index (χ0n) is 18.8. The fourth-order valence-electron chi connectivity index (χ4n) is 4.19. The standard InChI is InChI=1S/C24H25Cl2F2N5O/c1-33(2)22-17-10-19(27)20(28)11-21(17)31-24(32-22)30-16-7-4-13(5-8-16)23(34)29-12-14-3-6-15(25)9-18(14)26/h3,6,9-11,13,16H,4-5,7-8,12H2,1-2H3,(H,29,34)(H,30,31,32). The Kier molecular flexibility index (Phi) is 7.38. The Hall–Kier alpha value is -2.71. The van der Waals surface area contributed by atoms with Gasteiger partial charge in [0, 0.05) is 54.1 Å². The van der Waals surface area contributed by atoms with Crippen molar-refractivity contribution in [3.05, 3.63) is 57.6 Å². The maximum Gasteiger partial charge on any atom is 0.225 e. The lowest BCUT2D eigenvalue weighted by Gasteiger charge is -2.29. The molecule has 0 atom stereocenters. The average molecular weight is 508 g/mol. The van der Waals surface area contributed by atoms with Gasteiger partial charge < -0.3 is 15.5 Å². The normalized spacial score (nSPS) is 18.1. The number of benzene rings is 2. The first-order chi connectivity index (χ1) is 16.2. The van der Waals surface area contributed by atoms with E-state index in [0.717, 1.165) is 30.5 Å². The fourth-order valence-corrected chi connectivity index (χ4v) is 4.66. The summed E-state index contributed by atoms with van der Waals surface area (Å²) in [6.07, 6.45) is 2.95. The zero-order valence-corrected chi connectivity index (χ0v) is 20.4. The van der Waals surface area contributed by atoms with E-state index in [1.807, 2.05) is 0 Å². The summed E-state index contributed by atoms with van der Waals surface area (Å²) in [5.74, 6) is -1.12. The van der Waals surface area contributed by atoms with Crippen LogP contribution in [0.5, 0.6) is 0 Å². The second-order valence-electron chi connectivity index (χ2n) is 8.70. The number of aromatic nitrogens is 2. The molecule has 1 aliphatic rings. The molecule has 0 spiro atoms. The minimum Gasteiger partial charge on any atom is -0.362 e. The lowest BCUT2D eigenvalue weighted by Crippen LogP contribution is -2.36. The van der Waals surface area contributed by atoms with Crippen molar-refractivity contribution in [1.82, 2.24) is 15.3 Å². The van der Waals surface area contributed by atoms with Crippen LogP contribution in [0.4, 0.5) is 20.5 Å². The molecule has 0 aliphatic heterocycles. The molecule has 6 nitrogen and oxygen atoms in total. The number of hydrogen-bond donors (Lipinski definition) is 2. The lowest BCUT2D eigenvalue weighted by atomic mass is 9.85. The number of carbonyl (C=O) groups is 1. The lowest BCUT2D eigenvalue weighted by molar-refractivity contribution is -0.126. The SMILES string of the molecule is CN(C)c1nc(NC2CCC(C(=O)NCc3ccc(Cl)cc3Cl)CC2)nc2cc(F)c(F)cc12. The third-order valence-corrected chi connectivity index (χ3v) is 6.63. The van der Waals surface area contributed by atoms with Crippen molar-refractivity contribution in [2.24, 2.45) is 5.92 Å². The number of nitrogens with one attached hydrogen (secondary N) is 2. The molecule has 1 aromatic heterocycles. The molecule has 0 unspecified atom stereocenters. The van der Waals surface area contributed by atoms with Gasteiger partial charge in [-0.25, -0.2) is 13.8 Å². The third kappa shape index (κ3) is 5.50. The Labute approximate surface area is 206 Å². The van der Waals surface area contributed by atoms with E-state index in [1.54, 1.807) is 37.2 Å². The van der Waals surface area contributed by atoms with Crippen molar-refractivity contribution in [3.8, 4) is 0 Å². The average Bonchev–Trinajstić information content (AvgIpc) is 2.79. The van der Waals surface area contributed by atoms with Crippen molar-refractivity contribution < 1.29 is 13.6 Å². The smallest absolute Gasteiger partial charge is 0.225 e. The van der Waals surface area contributed by atoms with Crippen molar-refractivity contribution in [3.63, 3.8) is 0 Å². The number of rotatable bonds is 6. The molecule has 180 valence electrons. The summed E-state index contributed by atoms with van der Waals surface area (Å²) < 4.78 is 27.5. The molecule has 0 saturated heterocycles. The summed E-state index contributed by atoms with van der Waals surface area (Å²) in [6, 6.07) is 7.48. The summed E-state index contributed by atoms with van der Waals surface area (Å²) in [7, 11) is 3.57. The molecule has 1 saturated carbocycles. The largest absolute Gasteiger partial charge is 0.362 e. The topological polar surface area (TPSA) is 70.2 Å². The fraction of sp³-hybridized carbons (Fsp3) is 0.375. The van der Waals surface area contributed by atoms with Crippen LogP contribution in [0, 0.1) is 17.6 Å². The second-order valence-corrected chi connectivity index (χ2v) is 9.54. The van der Waals surface area contributed by atoms with E-state index < -0.39 is 11.6 Å². The predicted molar refractivity (Wildman–Crippen MR) is 131 cm³/mol. The van der Waals surface area contributed by atoms with Gasteiger partial charge in [-0.05, 0) is 49.4 Å². The number of hydrogen-bond acceptors (Lipinski definition) is 5. The first-order valence-electron chi connectivity index (χ1n) is 11.0. The Balaban J connectivity index is 1.37. The van der Waals surface area contributed by atoms with Gasteiger partial charge in [0.25, 0.3) is 0 Å². The highest BCUT2D eigenvalue weighted by Gasteiger charge is 2.27. The number of halogens is 4. The van der Waals surface area contributed by atoms with E-state index in [2.05, 4.69) is 20.6 Å². The Morgan fingerprint density at radius 3 is 2.44 bits per heavy atom. The van der Waals surface area contributed by atoms with E-state index in [-0.39, 0.29) is 17.9 Å². The number of anilines is 2. The summed E-state index contributed by atoms with van der Waals surface area (Å²) in [5, 5.41) is 7.78. The van der Waals surface area contributed by atoms with Gasteiger partial charge in [-0.2, -0.15) is 4.98 Å². The summed E-state index contributed by atoms with van der Waals surface area (Å²) in [4.78, 5) is 23.3. The minimum atomic E-state index is -0.951. The molecule has 1 amide bonds. The molecule has 10 heteroatoms. The molecule has 1 heterocycles. The number of nitrogens with zero attached hydrogens (tertiary/aromatic N) is 3. The molecule has 2 N–H and O–H groups in total. The van der Waals surface area contributed by atoms with Gasteiger partial charge in [-0.3, -0.25) is 4.79 Å². The molecule has 34 heavy (non-hydrogen) atoms.